The second-order valence-corrected chi connectivity index (χ2v) is 7.21. The SMILES string of the molecule is CCN(CC)S(=O)(=O)CC(=O)N(CCN)CCc1ccccc1. The molecule has 0 aromatic heterocycles. The van der Waals surface area contributed by atoms with Gasteiger partial charge in [-0.2, -0.15) is 0 Å². The number of sulfonamides is 1. The van der Waals surface area contributed by atoms with Crippen LogP contribution in [0.25, 0.3) is 0 Å². The van der Waals surface area contributed by atoms with Crippen molar-refractivity contribution < 1.29 is 13.2 Å². The van der Waals surface area contributed by atoms with Gasteiger partial charge in [-0.1, -0.05) is 44.2 Å². The van der Waals surface area contributed by atoms with Crippen LogP contribution in [0.1, 0.15) is 19.4 Å². The molecule has 0 unspecified atom stereocenters. The number of rotatable bonds is 10. The van der Waals surface area contributed by atoms with Crippen LogP contribution in [0, 0.1) is 0 Å². The van der Waals surface area contributed by atoms with Gasteiger partial charge in [-0.15, -0.1) is 0 Å². The molecule has 2 N–H and O–H groups in total. The Morgan fingerprint density at radius 1 is 1.09 bits per heavy atom. The number of benzene rings is 1. The molecule has 0 aliphatic heterocycles. The first-order valence-electron chi connectivity index (χ1n) is 7.94. The summed E-state index contributed by atoms with van der Waals surface area (Å²) >= 11 is 0. The first-order valence-corrected chi connectivity index (χ1v) is 9.55. The maximum absolute atomic E-state index is 12.4. The third kappa shape index (κ3) is 6.29. The molecule has 0 saturated carbocycles. The highest BCUT2D eigenvalue weighted by Gasteiger charge is 2.25. The van der Waals surface area contributed by atoms with E-state index < -0.39 is 21.7 Å². The summed E-state index contributed by atoms with van der Waals surface area (Å²) in [6, 6.07) is 9.78. The normalized spacial score (nSPS) is 11.7. The van der Waals surface area contributed by atoms with E-state index in [2.05, 4.69) is 0 Å². The van der Waals surface area contributed by atoms with Crippen LogP contribution in [0.3, 0.4) is 0 Å². The van der Waals surface area contributed by atoms with Crippen molar-refractivity contribution in [3.8, 4) is 0 Å². The fraction of sp³-hybridized carbons (Fsp3) is 0.562. The molecular formula is C16H27N3O3S. The number of nitrogens with two attached hydrogens (primary N) is 1. The van der Waals surface area contributed by atoms with Crippen LogP contribution < -0.4 is 5.73 Å². The predicted octanol–water partition coefficient (Wildman–Crippen LogP) is 0.688. The molecule has 7 heteroatoms. The Morgan fingerprint density at radius 2 is 1.70 bits per heavy atom. The van der Waals surface area contributed by atoms with E-state index in [9.17, 15) is 13.2 Å². The lowest BCUT2D eigenvalue weighted by Crippen LogP contribution is -2.43. The zero-order valence-corrected chi connectivity index (χ0v) is 14.8. The van der Waals surface area contributed by atoms with Crippen molar-refractivity contribution >= 4 is 15.9 Å². The van der Waals surface area contributed by atoms with E-state index in [1.165, 1.54) is 9.21 Å². The molecule has 0 aliphatic rings. The van der Waals surface area contributed by atoms with E-state index in [-0.39, 0.29) is 0 Å². The van der Waals surface area contributed by atoms with Crippen molar-refractivity contribution in [2.45, 2.75) is 20.3 Å². The molecule has 1 aromatic rings. The number of carbonyl (C=O) groups is 1. The molecule has 23 heavy (non-hydrogen) atoms. The van der Waals surface area contributed by atoms with E-state index in [4.69, 9.17) is 5.73 Å². The van der Waals surface area contributed by atoms with Crippen molar-refractivity contribution in [3.05, 3.63) is 35.9 Å². The number of carbonyl (C=O) groups excluding carboxylic acids is 1. The second kappa shape index (κ2) is 9.64. The van der Waals surface area contributed by atoms with Gasteiger partial charge < -0.3 is 10.6 Å². The molecule has 0 aliphatic carbocycles. The molecule has 0 radical (unpaired) electrons. The van der Waals surface area contributed by atoms with Crippen LogP contribution in [0.2, 0.25) is 0 Å². The molecule has 1 amide bonds. The minimum Gasteiger partial charge on any atom is -0.340 e. The summed E-state index contributed by atoms with van der Waals surface area (Å²) in [5.41, 5.74) is 6.66. The standard InChI is InChI=1S/C16H27N3O3S/c1-3-19(4-2)23(21,22)14-16(20)18(13-11-17)12-10-15-8-6-5-7-9-15/h5-9H,3-4,10-14,17H2,1-2H3. The van der Waals surface area contributed by atoms with Crippen molar-refractivity contribution in [2.75, 3.05) is 38.5 Å². The van der Waals surface area contributed by atoms with Gasteiger partial charge in [0.15, 0.2) is 0 Å². The van der Waals surface area contributed by atoms with Crippen LogP contribution in [-0.4, -0.2) is 62.0 Å². The topological polar surface area (TPSA) is 83.7 Å². The number of nitrogens with zero attached hydrogens (tertiary/aromatic N) is 2. The van der Waals surface area contributed by atoms with Gasteiger partial charge in [0.25, 0.3) is 0 Å². The lowest BCUT2D eigenvalue weighted by atomic mass is 10.1. The Morgan fingerprint density at radius 3 is 2.22 bits per heavy atom. The zero-order valence-electron chi connectivity index (χ0n) is 13.9. The average molecular weight is 341 g/mol. The van der Waals surface area contributed by atoms with Crippen molar-refractivity contribution in [1.82, 2.24) is 9.21 Å². The summed E-state index contributed by atoms with van der Waals surface area (Å²) in [5, 5.41) is 0. The fourth-order valence-corrected chi connectivity index (χ4v) is 3.85. The van der Waals surface area contributed by atoms with E-state index in [0.29, 0.717) is 39.1 Å². The molecule has 1 rings (SSSR count). The molecule has 0 fully saturated rings. The number of hydrogen-bond acceptors (Lipinski definition) is 4. The van der Waals surface area contributed by atoms with Crippen molar-refractivity contribution in [2.24, 2.45) is 5.73 Å². The van der Waals surface area contributed by atoms with Gasteiger partial charge in [-0.25, -0.2) is 12.7 Å². The summed E-state index contributed by atoms with van der Waals surface area (Å²) < 4.78 is 25.8. The van der Waals surface area contributed by atoms with Crippen LogP contribution in [0.4, 0.5) is 0 Å². The number of amides is 1. The van der Waals surface area contributed by atoms with Crippen LogP contribution >= 0.6 is 0 Å². The first-order chi connectivity index (χ1) is 10.9. The summed E-state index contributed by atoms with van der Waals surface area (Å²) in [5.74, 6) is -0.887. The van der Waals surface area contributed by atoms with Gasteiger partial charge in [0.1, 0.15) is 5.75 Å². The Kier molecular flexibility index (Phi) is 8.22. The van der Waals surface area contributed by atoms with Gasteiger partial charge in [-0.3, -0.25) is 4.79 Å². The number of hydrogen-bond donors (Lipinski definition) is 1. The minimum absolute atomic E-state index is 0.311. The Hall–Kier alpha value is -1.44. The van der Waals surface area contributed by atoms with Gasteiger partial charge >= 0.3 is 0 Å². The van der Waals surface area contributed by atoms with Gasteiger partial charge in [-0.05, 0) is 12.0 Å². The van der Waals surface area contributed by atoms with Gasteiger partial charge in [0.05, 0.1) is 0 Å². The van der Waals surface area contributed by atoms with Crippen molar-refractivity contribution in [1.29, 1.82) is 0 Å². The third-order valence-corrected chi connectivity index (χ3v) is 5.58. The largest absolute Gasteiger partial charge is 0.340 e. The molecule has 0 spiro atoms. The summed E-state index contributed by atoms with van der Waals surface area (Å²) in [4.78, 5) is 13.9. The second-order valence-electron chi connectivity index (χ2n) is 5.25. The highest BCUT2D eigenvalue weighted by molar-refractivity contribution is 7.89. The average Bonchev–Trinajstić information content (AvgIpc) is 2.52. The Bertz CT molecular complexity index is 571. The summed E-state index contributed by atoms with van der Waals surface area (Å²) in [7, 11) is -3.57. The zero-order chi connectivity index (χ0) is 17.3. The molecule has 0 saturated heterocycles. The van der Waals surface area contributed by atoms with Crippen LogP contribution in [0.15, 0.2) is 30.3 Å². The Balaban J connectivity index is 2.70. The van der Waals surface area contributed by atoms with E-state index in [1.807, 2.05) is 30.3 Å². The minimum atomic E-state index is -3.57. The molecule has 130 valence electrons. The van der Waals surface area contributed by atoms with E-state index in [1.54, 1.807) is 13.8 Å². The van der Waals surface area contributed by atoms with Gasteiger partial charge in [0, 0.05) is 32.7 Å². The monoisotopic (exact) mass is 341 g/mol. The van der Waals surface area contributed by atoms with E-state index in [0.717, 1.165) is 5.56 Å². The third-order valence-electron chi connectivity index (χ3n) is 3.67. The van der Waals surface area contributed by atoms with Crippen LogP contribution in [0.5, 0.6) is 0 Å². The Labute approximate surface area is 139 Å². The highest BCUT2D eigenvalue weighted by Crippen LogP contribution is 2.06. The van der Waals surface area contributed by atoms with Crippen LogP contribution in [-0.2, 0) is 21.2 Å². The summed E-state index contributed by atoms with van der Waals surface area (Å²) in [6.07, 6.45) is 0.678. The molecule has 0 heterocycles. The molecular weight excluding hydrogens is 314 g/mol. The lowest BCUT2D eigenvalue weighted by molar-refractivity contribution is -0.128. The van der Waals surface area contributed by atoms with Gasteiger partial charge in [0.2, 0.25) is 15.9 Å². The predicted molar refractivity (Wildman–Crippen MR) is 92.5 cm³/mol. The maximum atomic E-state index is 12.4. The highest BCUT2D eigenvalue weighted by atomic mass is 32.2. The molecule has 6 nitrogen and oxygen atoms in total. The smallest absolute Gasteiger partial charge is 0.239 e. The lowest BCUT2D eigenvalue weighted by Gasteiger charge is -2.24. The molecule has 0 bridgehead atoms. The van der Waals surface area contributed by atoms with E-state index >= 15 is 0 Å². The van der Waals surface area contributed by atoms with Crippen molar-refractivity contribution in [3.63, 3.8) is 0 Å². The fourth-order valence-electron chi connectivity index (χ4n) is 2.38. The summed E-state index contributed by atoms with van der Waals surface area (Å²) in [6.45, 7) is 5.40. The first kappa shape index (κ1) is 19.6. The maximum Gasteiger partial charge on any atom is 0.239 e. The molecule has 1 aromatic carbocycles. The molecule has 0 atom stereocenters. The quantitative estimate of drug-likeness (QED) is 0.678.